The number of carbonyl (C=O) groups is 4. The number of likely N-dealkylation sites (N-methyl/N-ethyl adjacent to an activating group) is 1. The number of aromatic nitrogens is 1. The van der Waals surface area contributed by atoms with Gasteiger partial charge in [-0.05, 0) is 19.9 Å². The van der Waals surface area contributed by atoms with Gasteiger partial charge in [-0.3, -0.25) is 14.5 Å². The lowest BCUT2D eigenvalue weighted by molar-refractivity contribution is -0.161. The van der Waals surface area contributed by atoms with E-state index in [4.69, 9.17) is 34.3 Å². The number of nitrogens with two attached hydrogens (primary N) is 3. The largest absolute Gasteiger partial charge is 0.478 e. The highest BCUT2D eigenvalue weighted by atomic mass is 32.2. The van der Waals surface area contributed by atoms with Gasteiger partial charge in [-0.2, -0.15) is 0 Å². The third-order valence-electron chi connectivity index (χ3n) is 6.31. The molecule has 1 aromatic rings. The van der Waals surface area contributed by atoms with Crippen molar-refractivity contribution in [2.24, 2.45) is 21.6 Å². The molecule has 0 radical (unpaired) electrons. The molecule has 16 nitrogen and oxygen atoms in total. The van der Waals surface area contributed by atoms with Gasteiger partial charge in [-0.25, -0.2) is 19.6 Å². The molecule has 3 atom stereocenters. The molecule has 218 valence electrons. The van der Waals surface area contributed by atoms with Crippen molar-refractivity contribution < 1.29 is 34.2 Å². The number of amidine groups is 1. The van der Waals surface area contributed by atoms with Crippen LogP contribution < -0.4 is 22.5 Å². The Morgan fingerprint density at radius 2 is 2.02 bits per heavy atom. The number of thioether (sulfide) groups is 1. The third kappa shape index (κ3) is 5.11. The zero-order chi connectivity index (χ0) is 30.4. The van der Waals surface area contributed by atoms with Gasteiger partial charge < -0.3 is 42.5 Å². The Labute approximate surface area is 245 Å². The first-order chi connectivity index (χ1) is 19.1. The fourth-order valence-electron chi connectivity index (χ4n) is 4.00. The van der Waals surface area contributed by atoms with Crippen LogP contribution in [0.25, 0.3) is 0 Å². The summed E-state index contributed by atoms with van der Waals surface area (Å²) < 4.78 is 0. The number of thiocarbonyl (C=S) groups is 1. The molecule has 1 aromatic heterocycles. The van der Waals surface area contributed by atoms with Gasteiger partial charge in [0.25, 0.3) is 11.8 Å². The molecule has 4 heterocycles. The number of oxime groups is 1. The highest BCUT2D eigenvalue weighted by Crippen LogP contribution is 2.46. The number of amides is 2. The molecule has 4 rings (SSSR count). The van der Waals surface area contributed by atoms with Gasteiger partial charge in [0.1, 0.15) is 34.6 Å². The van der Waals surface area contributed by atoms with Crippen LogP contribution in [0.5, 0.6) is 0 Å². The number of aliphatic carboxylic acids is 2. The van der Waals surface area contributed by atoms with E-state index in [0.717, 1.165) is 33.4 Å². The zero-order valence-electron chi connectivity index (χ0n) is 21.7. The highest BCUT2D eigenvalue weighted by Gasteiger charge is 2.65. The summed E-state index contributed by atoms with van der Waals surface area (Å²) in [6, 6.07) is 0. The second kappa shape index (κ2) is 10.7. The van der Waals surface area contributed by atoms with Crippen molar-refractivity contribution in [2.75, 3.05) is 18.5 Å². The van der Waals surface area contributed by atoms with Crippen LogP contribution in [-0.4, -0.2) is 101 Å². The summed E-state index contributed by atoms with van der Waals surface area (Å²) in [6.45, 7) is 2.44. The van der Waals surface area contributed by atoms with E-state index in [1.165, 1.54) is 30.2 Å². The molecule has 19 heteroatoms. The first-order valence-corrected chi connectivity index (χ1v) is 14.0. The number of anilines is 1. The second-order valence-electron chi connectivity index (χ2n) is 9.46. The molecule has 2 amide bonds. The molecule has 3 aliphatic heterocycles. The predicted molar refractivity (Wildman–Crippen MR) is 154 cm³/mol. The lowest BCUT2D eigenvalue weighted by atomic mass is 9.87. The molecular formula is C22H25N9O7S3. The predicted octanol–water partition coefficient (Wildman–Crippen LogP) is -1.15. The minimum atomic E-state index is -1.83. The fourth-order valence-corrected chi connectivity index (χ4v) is 6.35. The van der Waals surface area contributed by atoms with Crippen LogP contribution in [0.1, 0.15) is 19.5 Å². The summed E-state index contributed by atoms with van der Waals surface area (Å²) in [7, 11) is 1.61. The van der Waals surface area contributed by atoms with Crippen molar-refractivity contribution in [2.45, 2.75) is 36.5 Å². The lowest BCUT2D eigenvalue weighted by Gasteiger charge is -2.55. The number of β-lactam (4-membered cyclic amide) rings is 1. The Morgan fingerprint density at radius 1 is 1.34 bits per heavy atom. The molecule has 2 unspecified atom stereocenters. The maximum Gasteiger partial charge on any atom is 0.353 e. The Hall–Kier alpha value is -4.07. The number of nitrogen functional groups attached to an aromatic ring is 1. The van der Waals surface area contributed by atoms with E-state index in [9.17, 15) is 29.4 Å². The van der Waals surface area contributed by atoms with E-state index in [1.54, 1.807) is 7.05 Å². The summed E-state index contributed by atoms with van der Waals surface area (Å²) in [4.78, 5) is 66.9. The molecule has 0 bridgehead atoms. The van der Waals surface area contributed by atoms with Gasteiger partial charge in [0.15, 0.2) is 16.4 Å². The number of carbonyl (C=O) groups excluding carboxylic acids is 2. The summed E-state index contributed by atoms with van der Waals surface area (Å²) in [5, 5.41) is 27.3. The van der Waals surface area contributed by atoms with Crippen molar-refractivity contribution in [3.63, 3.8) is 0 Å². The van der Waals surface area contributed by atoms with E-state index in [-0.39, 0.29) is 39.5 Å². The zero-order valence-corrected chi connectivity index (χ0v) is 24.2. The number of carboxylic acid groups (broad SMARTS) is 2. The lowest BCUT2D eigenvalue weighted by Crippen LogP contribution is -2.81. The normalized spacial score (nSPS) is 24.6. The monoisotopic (exact) mass is 623 g/mol. The van der Waals surface area contributed by atoms with Crippen LogP contribution in [0.2, 0.25) is 0 Å². The number of hydrogen-bond acceptors (Lipinski definition) is 15. The molecule has 41 heavy (non-hydrogen) atoms. The van der Waals surface area contributed by atoms with Gasteiger partial charge >= 0.3 is 11.9 Å². The molecule has 0 spiro atoms. The average molecular weight is 624 g/mol. The summed E-state index contributed by atoms with van der Waals surface area (Å²) in [5.74, 6) is -4.25. The van der Waals surface area contributed by atoms with Crippen molar-refractivity contribution in [1.29, 1.82) is 0 Å². The molecule has 0 aromatic carbocycles. The average Bonchev–Trinajstić information content (AvgIpc) is 3.33. The Balaban J connectivity index is 1.70. The topological polar surface area (TPSA) is 252 Å². The van der Waals surface area contributed by atoms with Crippen LogP contribution in [0.4, 0.5) is 5.13 Å². The van der Waals surface area contributed by atoms with Crippen LogP contribution in [0.3, 0.4) is 0 Å². The maximum absolute atomic E-state index is 13.6. The molecule has 1 saturated heterocycles. The van der Waals surface area contributed by atoms with Crippen molar-refractivity contribution >= 4 is 81.1 Å². The van der Waals surface area contributed by atoms with Crippen molar-refractivity contribution in [3.8, 4) is 0 Å². The molecule has 0 aliphatic carbocycles. The van der Waals surface area contributed by atoms with Crippen molar-refractivity contribution in [3.05, 3.63) is 34.2 Å². The Kier molecular flexibility index (Phi) is 7.82. The van der Waals surface area contributed by atoms with E-state index in [2.05, 4.69) is 20.4 Å². The smallest absolute Gasteiger partial charge is 0.353 e. The van der Waals surface area contributed by atoms with Crippen LogP contribution >= 0.6 is 35.3 Å². The molecular weight excluding hydrogens is 598 g/mol. The second-order valence-corrected chi connectivity index (χ2v) is 11.7. The summed E-state index contributed by atoms with van der Waals surface area (Å²) in [5.41, 5.74) is 13.3. The van der Waals surface area contributed by atoms with Gasteiger partial charge in [0.2, 0.25) is 5.60 Å². The van der Waals surface area contributed by atoms with Crippen LogP contribution in [0, 0.1) is 0 Å². The summed E-state index contributed by atoms with van der Waals surface area (Å²) in [6.07, 6.45) is 0.811. The first-order valence-electron chi connectivity index (χ1n) is 11.6. The van der Waals surface area contributed by atoms with Gasteiger partial charge in [-0.1, -0.05) is 17.4 Å². The molecule has 1 fully saturated rings. The number of rotatable bonds is 9. The number of fused-ring (bicyclic) bond motifs is 1. The number of nitrogens with zero attached hydrogens (tertiary/aromatic N) is 5. The minimum absolute atomic E-state index is 0.0423. The fraction of sp³-hybridized carbons (Fsp3) is 0.364. The first kappa shape index (κ1) is 29.9. The van der Waals surface area contributed by atoms with E-state index in [1.807, 2.05) is 0 Å². The van der Waals surface area contributed by atoms with Gasteiger partial charge in [0, 0.05) is 29.1 Å². The highest BCUT2D eigenvalue weighted by molar-refractivity contribution is 8.00. The van der Waals surface area contributed by atoms with Crippen LogP contribution in [-0.2, 0) is 24.0 Å². The SMILES string of the molecule is CN1C(C2=C(C(=O)O)N3C(=O)C(C=S)(NC(=O)/C(=N\OC(C)(C)C(=O)O)c4csc(N)n4)[C@@H]3SC2)=NC(N)=CC1N. The standard InChI is InChI=1S/C22H25N9O7S3/c1-21(2,19(36)37)38-29-12(9-6-41-20(25)26-9)15(32)28-22(7-39)17(35)31-13(16(33)34)8(5-40-18(22)31)14-27-10(23)4-11(24)30(14)3/h4,6-7,11,18H,5,23-24H2,1-3H3,(H2,25,26)(H,28,32)(H,33,34)(H,36,37)/b29-12-/t11?,18-,22?/m0/s1. The molecule has 9 N–H and O–H groups in total. The van der Waals surface area contributed by atoms with Crippen LogP contribution in [0.15, 0.2) is 38.7 Å². The molecule has 0 saturated carbocycles. The van der Waals surface area contributed by atoms with Crippen molar-refractivity contribution in [1.82, 2.24) is 20.1 Å². The number of carboxylic acids is 2. The maximum atomic E-state index is 13.6. The van der Waals surface area contributed by atoms with Gasteiger partial charge in [-0.15, -0.1) is 23.1 Å². The Bertz CT molecular complexity index is 1480. The summed E-state index contributed by atoms with van der Waals surface area (Å²) >= 11 is 7.27. The van der Waals surface area contributed by atoms with E-state index >= 15 is 0 Å². The molecule has 3 aliphatic rings. The Morgan fingerprint density at radius 3 is 2.59 bits per heavy atom. The number of thiazole rings is 1. The van der Waals surface area contributed by atoms with E-state index in [0.29, 0.717) is 0 Å². The minimum Gasteiger partial charge on any atom is -0.478 e. The van der Waals surface area contributed by atoms with E-state index < -0.39 is 52.1 Å². The van der Waals surface area contributed by atoms with Gasteiger partial charge in [0.05, 0.1) is 0 Å². The number of nitrogens with one attached hydrogen (secondary N) is 1. The number of hydrogen-bond donors (Lipinski definition) is 6. The number of aliphatic imine (C=N–C) groups is 1. The quantitative estimate of drug-likeness (QED) is 0.0822. The third-order valence-corrected chi connectivity index (χ3v) is 8.70.